The summed E-state index contributed by atoms with van der Waals surface area (Å²) in [5, 5.41) is 12.7. The molecule has 0 saturated carbocycles. The smallest absolute Gasteiger partial charge is 0.497 e. The number of nitrogens with one attached hydrogen (secondary N) is 1. The molecule has 1 atom stereocenters. The van der Waals surface area contributed by atoms with Crippen molar-refractivity contribution in [3.8, 4) is 11.5 Å². The Morgan fingerprint density at radius 2 is 1.93 bits per heavy atom. The molecule has 2 rings (SSSR count). The minimum absolute atomic E-state index is 0. The first-order valence-electron chi connectivity index (χ1n) is 7.52. The average Bonchev–Trinajstić information content (AvgIpc) is 2.60. The highest BCUT2D eigenvalue weighted by Crippen LogP contribution is 2.29. The zero-order valence-electron chi connectivity index (χ0n) is 14.2. The fourth-order valence-corrected chi connectivity index (χ4v) is 2.10. The van der Waals surface area contributed by atoms with E-state index in [-0.39, 0.29) is 42.2 Å². The summed E-state index contributed by atoms with van der Waals surface area (Å²) < 4.78 is 46.2. The lowest BCUT2D eigenvalue weighted by atomic mass is 10.1. The van der Waals surface area contributed by atoms with Gasteiger partial charge in [0, 0.05) is 0 Å². The lowest BCUT2D eigenvalue weighted by Gasteiger charge is -2.14. The van der Waals surface area contributed by atoms with E-state index in [0.717, 1.165) is 6.07 Å². The van der Waals surface area contributed by atoms with Gasteiger partial charge in [0.15, 0.2) is 11.7 Å². The Kier molecular flexibility index (Phi) is 8.63. The van der Waals surface area contributed by atoms with Gasteiger partial charge >= 0.3 is 6.36 Å². The highest BCUT2D eigenvalue weighted by molar-refractivity contribution is 14.0. The van der Waals surface area contributed by atoms with Crippen LogP contribution in [0.15, 0.2) is 53.5 Å². The largest absolute Gasteiger partial charge is 0.573 e. The monoisotopic (exact) mass is 497 g/mol. The van der Waals surface area contributed by atoms with Crippen molar-refractivity contribution in [3.63, 3.8) is 0 Å². The van der Waals surface area contributed by atoms with Gasteiger partial charge in [-0.05, 0) is 29.8 Å². The van der Waals surface area contributed by atoms with Crippen LogP contribution in [0.25, 0.3) is 0 Å². The number of halogens is 4. The number of nitrogens with zero attached hydrogens (tertiary/aromatic N) is 1. The lowest BCUT2D eigenvalue weighted by Crippen LogP contribution is -2.25. The summed E-state index contributed by atoms with van der Waals surface area (Å²) in [6, 6.07) is 12.2. The number of aliphatic hydroxyl groups excluding tert-OH is 1. The van der Waals surface area contributed by atoms with Crippen molar-refractivity contribution < 1.29 is 27.8 Å². The summed E-state index contributed by atoms with van der Waals surface area (Å²) in [6.45, 7) is -0.0890. The van der Waals surface area contributed by atoms with Crippen molar-refractivity contribution in [2.45, 2.75) is 12.5 Å². The van der Waals surface area contributed by atoms with Crippen molar-refractivity contribution in [1.29, 1.82) is 0 Å². The number of nitrogens with two attached hydrogens (primary N) is 1. The molecule has 0 heterocycles. The second kappa shape index (κ2) is 10.2. The van der Waals surface area contributed by atoms with Crippen LogP contribution in [0.3, 0.4) is 0 Å². The Bertz CT molecular complexity index is 772. The number of hydrogen-bond acceptors (Lipinski definition) is 4. The van der Waals surface area contributed by atoms with Gasteiger partial charge < -0.3 is 25.6 Å². The van der Waals surface area contributed by atoms with Crippen molar-refractivity contribution in [3.05, 3.63) is 54.1 Å². The third kappa shape index (κ3) is 7.51. The van der Waals surface area contributed by atoms with Crippen molar-refractivity contribution in [1.82, 2.24) is 0 Å². The van der Waals surface area contributed by atoms with E-state index in [1.54, 1.807) is 24.3 Å². The summed E-state index contributed by atoms with van der Waals surface area (Å²) in [5.41, 5.74) is 6.26. The third-order valence-corrected chi connectivity index (χ3v) is 3.29. The molecule has 2 aromatic carbocycles. The van der Waals surface area contributed by atoms with E-state index in [2.05, 4.69) is 15.0 Å². The molecule has 0 radical (unpaired) electrons. The molecule has 0 aliphatic carbocycles. The number of aliphatic imine (C=N–C) groups is 1. The standard InChI is InChI=1S/C17H18F3N3O3.HI/c1-25-12-6-4-5-11(9-12)14(24)10-22-16(21)23-13-7-2-3-8-15(13)26-17(18,19)20;/h2-9,14,24H,10H2,1H3,(H3,21,22,23);1H. The van der Waals surface area contributed by atoms with Crippen LogP contribution in [-0.2, 0) is 0 Å². The van der Waals surface area contributed by atoms with E-state index >= 15 is 0 Å². The molecule has 27 heavy (non-hydrogen) atoms. The van der Waals surface area contributed by atoms with Gasteiger partial charge in [-0.25, -0.2) is 0 Å². The van der Waals surface area contributed by atoms with Crippen molar-refractivity contribution in [2.75, 3.05) is 19.0 Å². The maximum atomic E-state index is 12.4. The van der Waals surface area contributed by atoms with E-state index in [1.807, 2.05) is 0 Å². The molecule has 2 aromatic rings. The predicted octanol–water partition coefficient (Wildman–Crippen LogP) is 3.67. The zero-order valence-corrected chi connectivity index (χ0v) is 16.6. The highest BCUT2D eigenvalue weighted by atomic mass is 127. The molecule has 0 bridgehead atoms. The number of aliphatic hydroxyl groups is 1. The molecular weight excluding hydrogens is 478 g/mol. The number of para-hydroxylation sites is 2. The van der Waals surface area contributed by atoms with Gasteiger partial charge in [-0.15, -0.1) is 37.1 Å². The minimum Gasteiger partial charge on any atom is -0.497 e. The SMILES string of the molecule is COc1cccc(C(O)CN=C(N)Nc2ccccc2OC(F)(F)F)c1.I. The fraction of sp³-hybridized carbons (Fsp3) is 0.235. The molecule has 0 aliphatic heterocycles. The van der Waals surface area contributed by atoms with Crippen LogP contribution in [0.1, 0.15) is 11.7 Å². The fourth-order valence-electron chi connectivity index (χ4n) is 2.10. The Morgan fingerprint density at radius 1 is 1.22 bits per heavy atom. The van der Waals surface area contributed by atoms with Crippen LogP contribution in [0.4, 0.5) is 18.9 Å². The molecule has 0 spiro atoms. The zero-order chi connectivity index (χ0) is 19.2. The number of benzene rings is 2. The number of methoxy groups -OCH3 is 1. The van der Waals surface area contributed by atoms with E-state index < -0.39 is 18.2 Å². The van der Waals surface area contributed by atoms with Crippen LogP contribution < -0.4 is 20.5 Å². The van der Waals surface area contributed by atoms with Crippen LogP contribution in [-0.4, -0.2) is 31.1 Å². The molecule has 148 valence electrons. The number of hydrogen-bond donors (Lipinski definition) is 3. The second-order valence-corrected chi connectivity index (χ2v) is 5.19. The summed E-state index contributed by atoms with van der Waals surface area (Å²) in [5.74, 6) is -0.0217. The quantitative estimate of drug-likeness (QED) is 0.322. The van der Waals surface area contributed by atoms with E-state index in [9.17, 15) is 18.3 Å². The molecule has 10 heteroatoms. The number of anilines is 1. The molecule has 0 aromatic heterocycles. The third-order valence-electron chi connectivity index (χ3n) is 3.29. The van der Waals surface area contributed by atoms with E-state index in [1.165, 1.54) is 25.3 Å². The van der Waals surface area contributed by atoms with Crippen LogP contribution in [0, 0.1) is 0 Å². The first-order chi connectivity index (χ1) is 12.3. The van der Waals surface area contributed by atoms with Gasteiger partial charge in [-0.3, -0.25) is 4.99 Å². The molecule has 0 aliphatic rings. The van der Waals surface area contributed by atoms with Gasteiger partial charge in [0.05, 0.1) is 25.4 Å². The Hall–Kier alpha value is -2.21. The normalized spacial score (nSPS) is 12.7. The molecule has 0 saturated heterocycles. The number of rotatable bonds is 6. The van der Waals surface area contributed by atoms with Gasteiger partial charge in [-0.2, -0.15) is 0 Å². The summed E-state index contributed by atoms with van der Waals surface area (Å²) in [4.78, 5) is 3.94. The first kappa shape index (κ1) is 22.8. The topological polar surface area (TPSA) is 89.1 Å². The second-order valence-electron chi connectivity index (χ2n) is 5.19. The summed E-state index contributed by atoms with van der Waals surface area (Å²) >= 11 is 0. The lowest BCUT2D eigenvalue weighted by molar-refractivity contribution is -0.274. The Balaban J connectivity index is 0.00000364. The van der Waals surface area contributed by atoms with Crippen LogP contribution in [0.2, 0.25) is 0 Å². The van der Waals surface area contributed by atoms with Crippen molar-refractivity contribution in [2.24, 2.45) is 10.7 Å². The highest BCUT2D eigenvalue weighted by Gasteiger charge is 2.32. The minimum atomic E-state index is -4.83. The molecule has 4 N–H and O–H groups in total. The maximum Gasteiger partial charge on any atom is 0.573 e. The Labute approximate surface area is 171 Å². The Morgan fingerprint density at radius 3 is 2.59 bits per heavy atom. The van der Waals surface area contributed by atoms with Gasteiger partial charge in [0.25, 0.3) is 0 Å². The first-order valence-corrected chi connectivity index (χ1v) is 7.52. The predicted molar refractivity (Wildman–Crippen MR) is 107 cm³/mol. The average molecular weight is 497 g/mol. The molecule has 0 fully saturated rings. The summed E-state index contributed by atoms with van der Waals surface area (Å²) in [7, 11) is 1.51. The maximum absolute atomic E-state index is 12.4. The van der Waals surface area contributed by atoms with Crippen LogP contribution >= 0.6 is 24.0 Å². The summed E-state index contributed by atoms with van der Waals surface area (Å²) in [6.07, 6.45) is -5.78. The molecule has 1 unspecified atom stereocenters. The van der Waals surface area contributed by atoms with Crippen molar-refractivity contribution >= 4 is 35.6 Å². The van der Waals surface area contributed by atoms with E-state index in [0.29, 0.717) is 11.3 Å². The number of alkyl halides is 3. The van der Waals surface area contributed by atoms with Crippen LogP contribution in [0.5, 0.6) is 11.5 Å². The van der Waals surface area contributed by atoms with Gasteiger partial charge in [0.2, 0.25) is 0 Å². The van der Waals surface area contributed by atoms with Gasteiger partial charge in [0.1, 0.15) is 5.75 Å². The van der Waals surface area contributed by atoms with Gasteiger partial charge in [-0.1, -0.05) is 24.3 Å². The molecular formula is C17H19F3IN3O3. The van der Waals surface area contributed by atoms with E-state index in [4.69, 9.17) is 10.5 Å². The molecule has 0 amide bonds. The number of guanidine groups is 1. The molecule has 6 nitrogen and oxygen atoms in total. The number of ether oxygens (including phenoxy) is 2.